The minimum atomic E-state index is -0.593. The van der Waals surface area contributed by atoms with Gasteiger partial charge < -0.3 is 14.7 Å². The highest BCUT2D eigenvalue weighted by molar-refractivity contribution is 5.94. The fourth-order valence-electron chi connectivity index (χ4n) is 3.16. The number of carbonyl (C=O) groups is 1. The van der Waals surface area contributed by atoms with Crippen LogP contribution in [0.15, 0.2) is 48.5 Å². The Kier molecular flexibility index (Phi) is 6.42. The quantitative estimate of drug-likeness (QED) is 0.846. The van der Waals surface area contributed by atoms with Gasteiger partial charge in [-0.3, -0.25) is 9.69 Å². The zero-order valence-corrected chi connectivity index (χ0v) is 15.5. The molecule has 0 aromatic heterocycles. The molecule has 2 aromatic carbocycles. The molecule has 0 bridgehead atoms. The Morgan fingerprint density at radius 1 is 1.15 bits per heavy atom. The molecule has 2 aromatic rings. The van der Waals surface area contributed by atoms with Crippen LogP contribution in [0.4, 0.5) is 4.39 Å². The van der Waals surface area contributed by atoms with Crippen molar-refractivity contribution in [2.24, 2.45) is 0 Å². The molecule has 0 spiro atoms. The zero-order valence-electron chi connectivity index (χ0n) is 15.5. The van der Waals surface area contributed by atoms with E-state index in [1.54, 1.807) is 4.90 Å². The van der Waals surface area contributed by atoms with Gasteiger partial charge in [0.25, 0.3) is 5.91 Å². The molecule has 27 heavy (non-hydrogen) atoms. The van der Waals surface area contributed by atoms with Crippen molar-refractivity contribution in [2.75, 3.05) is 39.3 Å². The molecule has 0 radical (unpaired) electrons. The molecular weight excluding hydrogens is 347 g/mol. The first-order valence-corrected chi connectivity index (χ1v) is 9.16. The van der Waals surface area contributed by atoms with Crippen molar-refractivity contribution in [3.63, 3.8) is 0 Å². The summed E-state index contributed by atoms with van der Waals surface area (Å²) in [6.45, 7) is 5.28. The Hall–Kier alpha value is -2.44. The van der Waals surface area contributed by atoms with Crippen LogP contribution in [0, 0.1) is 12.7 Å². The topological polar surface area (TPSA) is 53.0 Å². The van der Waals surface area contributed by atoms with Crippen LogP contribution in [-0.4, -0.2) is 66.2 Å². The largest absolute Gasteiger partial charge is 0.491 e. The SMILES string of the molecule is Cc1cccc(OCC(O)CN2CCN(C(=O)c3ccc(F)cc3)CC2)c1. The summed E-state index contributed by atoms with van der Waals surface area (Å²) >= 11 is 0. The number of amides is 1. The Balaban J connectivity index is 1.42. The van der Waals surface area contributed by atoms with Crippen LogP contribution in [0.5, 0.6) is 5.75 Å². The summed E-state index contributed by atoms with van der Waals surface area (Å²) in [5.41, 5.74) is 1.61. The molecule has 0 aliphatic carbocycles. The summed E-state index contributed by atoms with van der Waals surface area (Å²) in [6, 6.07) is 13.4. The summed E-state index contributed by atoms with van der Waals surface area (Å²) < 4.78 is 18.6. The first-order chi connectivity index (χ1) is 13.0. The van der Waals surface area contributed by atoms with Crippen molar-refractivity contribution in [3.8, 4) is 5.75 Å². The van der Waals surface area contributed by atoms with Crippen LogP contribution in [0.2, 0.25) is 0 Å². The number of halogens is 1. The van der Waals surface area contributed by atoms with Gasteiger partial charge in [0.1, 0.15) is 24.3 Å². The predicted molar refractivity (Wildman–Crippen MR) is 101 cm³/mol. The molecule has 5 nitrogen and oxygen atoms in total. The van der Waals surface area contributed by atoms with E-state index in [0.717, 1.165) is 11.3 Å². The third kappa shape index (κ3) is 5.52. The van der Waals surface area contributed by atoms with Gasteiger partial charge in [-0.05, 0) is 48.9 Å². The number of hydrogen-bond acceptors (Lipinski definition) is 4. The summed E-state index contributed by atoms with van der Waals surface area (Å²) in [5.74, 6) is 0.319. The van der Waals surface area contributed by atoms with Crippen LogP contribution in [-0.2, 0) is 0 Å². The van der Waals surface area contributed by atoms with E-state index in [4.69, 9.17) is 4.74 Å². The van der Waals surface area contributed by atoms with Crippen molar-refractivity contribution < 1.29 is 19.0 Å². The summed E-state index contributed by atoms with van der Waals surface area (Å²) in [6.07, 6.45) is -0.593. The molecule has 3 rings (SSSR count). The number of hydrogen-bond donors (Lipinski definition) is 1. The van der Waals surface area contributed by atoms with Gasteiger partial charge in [-0.25, -0.2) is 4.39 Å². The summed E-state index contributed by atoms with van der Waals surface area (Å²) in [7, 11) is 0. The Morgan fingerprint density at radius 2 is 1.85 bits per heavy atom. The number of nitrogens with zero attached hydrogens (tertiary/aromatic N) is 2. The molecule has 1 amide bonds. The number of carbonyl (C=O) groups excluding carboxylic acids is 1. The number of aryl methyl sites for hydroxylation is 1. The fourth-order valence-corrected chi connectivity index (χ4v) is 3.16. The standard InChI is InChI=1S/C21H25FN2O3/c1-16-3-2-4-20(13-16)27-15-19(25)14-23-9-11-24(12-10-23)21(26)17-5-7-18(22)8-6-17/h2-8,13,19,25H,9-12,14-15H2,1H3. The molecule has 144 valence electrons. The number of benzene rings is 2. The monoisotopic (exact) mass is 372 g/mol. The molecule has 1 atom stereocenters. The van der Waals surface area contributed by atoms with Gasteiger partial charge >= 0.3 is 0 Å². The highest BCUT2D eigenvalue weighted by atomic mass is 19.1. The summed E-state index contributed by atoms with van der Waals surface area (Å²) in [4.78, 5) is 16.3. The van der Waals surface area contributed by atoms with E-state index in [9.17, 15) is 14.3 Å². The van der Waals surface area contributed by atoms with Crippen LogP contribution < -0.4 is 4.74 Å². The Labute approximate surface area is 159 Å². The Morgan fingerprint density at radius 3 is 2.52 bits per heavy atom. The van der Waals surface area contributed by atoms with E-state index in [1.165, 1.54) is 24.3 Å². The van der Waals surface area contributed by atoms with E-state index < -0.39 is 6.10 Å². The van der Waals surface area contributed by atoms with E-state index in [0.29, 0.717) is 38.3 Å². The molecule has 1 aliphatic heterocycles. The number of ether oxygens (including phenoxy) is 1. The second-order valence-electron chi connectivity index (χ2n) is 6.88. The number of aliphatic hydroxyl groups excluding tert-OH is 1. The molecule has 1 saturated heterocycles. The first-order valence-electron chi connectivity index (χ1n) is 9.16. The van der Waals surface area contributed by atoms with Crippen molar-refractivity contribution in [2.45, 2.75) is 13.0 Å². The minimum Gasteiger partial charge on any atom is -0.491 e. The third-order valence-electron chi connectivity index (χ3n) is 4.65. The van der Waals surface area contributed by atoms with Gasteiger partial charge in [0, 0.05) is 38.3 Å². The highest BCUT2D eigenvalue weighted by Gasteiger charge is 2.23. The maximum absolute atomic E-state index is 13.0. The lowest BCUT2D eigenvalue weighted by atomic mass is 10.1. The lowest BCUT2D eigenvalue weighted by Crippen LogP contribution is -2.50. The van der Waals surface area contributed by atoms with Gasteiger partial charge in [0.2, 0.25) is 0 Å². The lowest BCUT2D eigenvalue weighted by Gasteiger charge is -2.35. The Bertz CT molecular complexity index is 758. The normalized spacial score (nSPS) is 16.2. The van der Waals surface area contributed by atoms with Gasteiger partial charge in [-0.1, -0.05) is 12.1 Å². The molecule has 1 N–H and O–H groups in total. The van der Waals surface area contributed by atoms with Crippen molar-refractivity contribution >= 4 is 5.91 Å². The molecule has 1 aliphatic rings. The van der Waals surface area contributed by atoms with Crippen LogP contribution in [0.3, 0.4) is 0 Å². The molecule has 6 heteroatoms. The third-order valence-corrected chi connectivity index (χ3v) is 4.65. The van der Waals surface area contributed by atoms with E-state index >= 15 is 0 Å². The van der Waals surface area contributed by atoms with Crippen molar-refractivity contribution in [1.29, 1.82) is 0 Å². The molecular formula is C21H25FN2O3. The van der Waals surface area contributed by atoms with E-state index in [1.807, 2.05) is 31.2 Å². The maximum Gasteiger partial charge on any atom is 0.253 e. The van der Waals surface area contributed by atoms with E-state index in [-0.39, 0.29) is 18.3 Å². The molecule has 1 fully saturated rings. The fraction of sp³-hybridized carbons (Fsp3) is 0.381. The van der Waals surface area contributed by atoms with Crippen molar-refractivity contribution in [3.05, 3.63) is 65.5 Å². The van der Waals surface area contributed by atoms with Gasteiger partial charge in [-0.15, -0.1) is 0 Å². The van der Waals surface area contributed by atoms with Gasteiger partial charge in [0.15, 0.2) is 0 Å². The zero-order chi connectivity index (χ0) is 19.2. The van der Waals surface area contributed by atoms with E-state index in [2.05, 4.69) is 4.90 Å². The number of aliphatic hydroxyl groups is 1. The number of piperazine rings is 1. The van der Waals surface area contributed by atoms with Crippen LogP contribution in [0.25, 0.3) is 0 Å². The average Bonchev–Trinajstić information content (AvgIpc) is 2.67. The first kappa shape index (κ1) is 19.3. The second-order valence-corrected chi connectivity index (χ2v) is 6.88. The molecule has 0 saturated carbocycles. The summed E-state index contributed by atoms with van der Waals surface area (Å²) in [5, 5.41) is 10.2. The van der Waals surface area contributed by atoms with Gasteiger partial charge in [-0.2, -0.15) is 0 Å². The highest BCUT2D eigenvalue weighted by Crippen LogP contribution is 2.13. The van der Waals surface area contributed by atoms with Crippen molar-refractivity contribution in [1.82, 2.24) is 9.80 Å². The van der Waals surface area contributed by atoms with Crippen LogP contribution >= 0.6 is 0 Å². The predicted octanol–water partition coefficient (Wildman–Crippen LogP) is 2.33. The lowest BCUT2D eigenvalue weighted by molar-refractivity contribution is 0.0403. The minimum absolute atomic E-state index is 0.0852. The second kappa shape index (κ2) is 8.97. The maximum atomic E-state index is 13.0. The van der Waals surface area contributed by atoms with Gasteiger partial charge in [0.05, 0.1) is 0 Å². The average molecular weight is 372 g/mol. The molecule has 1 unspecified atom stereocenters. The molecule has 1 heterocycles. The smallest absolute Gasteiger partial charge is 0.253 e. The number of β-amino-alcohol motifs (C(OH)–C–C–N with tert-alkyl or cyclic N) is 1. The number of rotatable bonds is 6. The van der Waals surface area contributed by atoms with Crippen LogP contribution in [0.1, 0.15) is 15.9 Å².